The highest BCUT2D eigenvalue weighted by atomic mass is 32.1. The molecule has 23 heavy (non-hydrogen) atoms. The molecule has 1 fully saturated rings. The Morgan fingerprint density at radius 1 is 1.39 bits per heavy atom. The lowest BCUT2D eigenvalue weighted by atomic mass is 9.89. The van der Waals surface area contributed by atoms with Crippen LogP contribution in [-0.2, 0) is 17.6 Å². The van der Waals surface area contributed by atoms with E-state index in [0.29, 0.717) is 24.1 Å². The zero-order valence-corrected chi connectivity index (χ0v) is 14.8. The maximum Gasteiger partial charge on any atom is 0.239 e. The smallest absolute Gasteiger partial charge is 0.239 e. The molecule has 0 unspecified atom stereocenters. The zero-order valence-electron chi connectivity index (χ0n) is 14.0. The molecule has 1 saturated heterocycles. The van der Waals surface area contributed by atoms with Gasteiger partial charge in [0.1, 0.15) is 11.1 Å². The summed E-state index contributed by atoms with van der Waals surface area (Å²) < 4.78 is 0. The number of amides is 1. The summed E-state index contributed by atoms with van der Waals surface area (Å²) in [5.41, 5.74) is 1.88. The monoisotopic (exact) mass is 331 g/mol. The van der Waals surface area contributed by atoms with Gasteiger partial charge in [-0.1, -0.05) is 13.3 Å². The molecule has 2 aliphatic rings. The van der Waals surface area contributed by atoms with Gasteiger partial charge in [0.2, 0.25) is 5.91 Å². The van der Waals surface area contributed by atoms with Crippen LogP contribution in [0.25, 0.3) is 0 Å². The van der Waals surface area contributed by atoms with Crippen LogP contribution in [0.5, 0.6) is 0 Å². The van der Waals surface area contributed by atoms with E-state index < -0.39 is 0 Å². The topological polar surface area (TPSA) is 56.1 Å². The SMILES string of the molecule is C[C@@H]1CCc2c(sc(NC(=O)CN3CCCC[C@H]3C)c2C#N)C1. The fraction of sp³-hybridized carbons (Fsp3) is 0.667. The molecule has 0 spiro atoms. The molecule has 2 atom stereocenters. The molecular weight excluding hydrogens is 306 g/mol. The number of hydrogen-bond acceptors (Lipinski definition) is 4. The van der Waals surface area contributed by atoms with Gasteiger partial charge in [-0.2, -0.15) is 5.26 Å². The second-order valence-corrected chi connectivity index (χ2v) is 8.14. The molecule has 0 saturated carbocycles. The number of hydrogen-bond donors (Lipinski definition) is 1. The van der Waals surface area contributed by atoms with Gasteiger partial charge in [0, 0.05) is 10.9 Å². The van der Waals surface area contributed by atoms with Crippen LogP contribution in [0.1, 0.15) is 55.5 Å². The number of piperidine rings is 1. The van der Waals surface area contributed by atoms with Gasteiger partial charge in [-0.15, -0.1) is 11.3 Å². The van der Waals surface area contributed by atoms with Crippen molar-refractivity contribution in [3.05, 3.63) is 16.0 Å². The Balaban J connectivity index is 1.70. The van der Waals surface area contributed by atoms with Crippen LogP contribution in [-0.4, -0.2) is 29.9 Å². The van der Waals surface area contributed by atoms with E-state index in [9.17, 15) is 10.1 Å². The van der Waals surface area contributed by atoms with E-state index in [1.165, 1.54) is 29.7 Å². The van der Waals surface area contributed by atoms with Gasteiger partial charge in [-0.05, 0) is 57.1 Å². The van der Waals surface area contributed by atoms with Gasteiger partial charge < -0.3 is 5.32 Å². The first-order chi connectivity index (χ1) is 11.1. The minimum absolute atomic E-state index is 0.0156. The van der Waals surface area contributed by atoms with Crippen molar-refractivity contribution in [1.29, 1.82) is 5.26 Å². The number of anilines is 1. The number of thiophene rings is 1. The number of nitrogens with zero attached hydrogens (tertiary/aromatic N) is 2. The third-order valence-electron chi connectivity index (χ3n) is 5.16. The number of fused-ring (bicyclic) bond motifs is 1. The minimum atomic E-state index is 0.0156. The number of carbonyl (C=O) groups excluding carboxylic acids is 1. The third-order valence-corrected chi connectivity index (χ3v) is 6.33. The quantitative estimate of drug-likeness (QED) is 0.921. The first kappa shape index (κ1) is 16.5. The van der Waals surface area contributed by atoms with Crippen molar-refractivity contribution in [3.8, 4) is 6.07 Å². The van der Waals surface area contributed by atoms with Gasteiger partial charge in [0.05, 0.1) is 12.1 Å². The number of nitrogens with one attached hydrogen (secondary N) is 1. The summed E-state index contributed by atoms with van der Waals surface area (Å²) in [5, 5.41) is 13.3. The van der Waals surface area contributed by atoms with Crippen molar-refractivity contribution >= 4 is 22.2 Å². The van der Waals surface area contributed by atoms with Gasteiger partial charge in [0.15, 0.2) is 0 Å². The predicted molar refractivity (Wildman–Crippen MR) is 93.7 cm³/mol. The molecule has 4 nitrogen and oxygen atoms in total. The minimum Gasteiger partial charge on any atom is -0.315 e. The van der Waals surface area contributed by atoms with Crippen LogP contribution in [0.4, 0.5) is 5.00 Å². The fourth-order valence-electron chi connectivity index (χ4n) is 3.70. The Labute approximate surface area is 142 Å². The van der Waals surface area contributed by atoms with Gasteiger partial charge in [-0.25, -0.2) is 0 Å². The molecule has 1 aliphatic heterocycles. The maximum atomic E-state index is 12.4. The third kappa shape index (κ3) is 3.59. The summed E-state index contributed by atoms with van der Waals surface area (Å²) in [5.74, 6) is 0.687. The van der Waals surface area contributed by atoms with Crippen molar-refractivity contribution < 1.29 is 4.79 Å². The molecule has 3 rings (SSSR count). The van der Waals surface area contributed by atoms with E-state index in [1.807, 2.05) is 0 Å². The Morgan fingerprint density at radius 2 is 2.22 bits per heavy atom. The maximum absolute atomic E-state index is 12.4. The second-order valence-electron chi connectivity index (χ2n) is 7.03. The fourth-order valence-corrected chi connectivity index (χ4v) is 5.08. The van der Waals surface area contributed by atoms with Crippen molar-refractivity contribution in [3.63, 3.8) is 0 Å². The number of likely N-dealkylation sites (tertiary alicyclic amines) is 1. The summed E-state index contributed by atoms with van der Waals surface area (Å²) in [4.78, 5) is 16.0. The van der Waals surface area contributed by atoms with E-state index in [1.54, 1.807) is 11.3 Å². The van der Waals surface area contributed by atoms with Crippen LogP contribution < -0.4 is 5.32 Å². The Hall–Kier alpha value is -1.38. The highest BCUT2D eigenvalue weighted by Gasteiger charge is 2.26. The first-order valence-electron chi connectivity index (χ1n) is 8.67. The molecule has 2 heterocycles. The van der Waals surface area contributed by atoms with Crippen LogP contribution in [0.15, 0.2) is 0 Å². The molecule has 5 heteroatoms. The standard InChI is InChI=1S/C18H25N3OS/c1-12-6-7-14-15(10-19)18(23-16(14)9-12)20-17(22)11-21-8-4-3-5-13(21)2/h12-13H,3-9,11H2,1-2H3,(H,20,22)/t12-,13-/m1/s1. The van der Waals surface area contributed by atoms with Gasteiger partial charge in [-0.3, -0.25) is 9.69 Å². The van der Waals surface area contributed by atoms with Crippen LogP contribution in [0, 0.1) is 17.2 Å². The van der Waals surface area contributed by atoms with Crippen LogP contribution in [0.2, 0.25) is 0 Å². The Bertz CT molecular complexity index is 631. The van der Waals surface area contributed by atoms with E-state index in [2.05, 4.69) is 30.1 Å². The summed E-state index contributed by atoms with van der Waals surface area (Å²) in [6, 6.07) is 2.79. The molecule has 1 aromatic rings. The zero-order chi connectivity index (χ0) is 16.4. The van der Waals surface area contributed by atoms with Crippen molar-refractivity contribution in [2.75, 3.05) is 18.4 Å². The lowest BCUT2D eigenvalue weighted by molar-refractivity contribution is -0.118. The molecule has 1 amide bonds. The van der Waals surface area contributed by atoms with Crippen LogP contribution in [0.3, 0.4) is 0 Å². The highest BCUT2D eigenvalue weighted by Crippen LogP contribution is 2.39. The lowest BCUT2D eigenvalue weighted by Crippen LogP contribution is -2.42. The van der Waals surface area contributed by atoms with Gasteiger partial charge >= 0.3 is 0 Å². The van der Waals surface area contributed by atoms with Crippen LogP contribution >= 0.6 is 11.3 Å². The summed E-state index contributed by atoms with van der Waals surface area (Å²) >= 11 is 1.61. The molecule has 124 valence electrons. The van der Waals surface area contributed by atoms with Crippen molar-refractivity contribution in [2.45, 2.75) is 58.4 Å². The van der Waals surface area contributed by atoms with Crippen molar-refractivity contribution in [2.24, 2.45) is 5.92 Å². The summed E-state index contributed by atoms with van der Waals surface area (Å²) in [6.45, 7) is 5.88. The number of carbonyl (C=O) groups is 1. The van der Waals surface area contributed by atoms with Gasteiger partial charge in [0.25, 0.3) is 0 Å². The molecule has 0 aromatic carbocycles. The average molecular weight is 331 g/mol. The molecule has 0 bridgehead atoms. The second kappa shape index (κ2) is 7.02. The predicted octanol–water partition coefficient (Wildman–Crippen LogP) is 3.56. The van der Waals surface area contributed by atoms with E-state index in [-0.39, 0.29) is 5.91 Å². The summed E-state index contributed by atoms with van der Waals surface area (Å²) in [6.07, 6.45) is 6.74. The number of rotatable bonds is 3. The van der Waals surface area contributed by atoms with E-state index >= 15 is 0 Å². The Morgan fingerprint density at radius 3 is 2.96 bits per heavy atom. The molecule has 1 aromatic heterocycles. The van der Waals surface area contributed by atoms with E-state index in [0.717, 1.165) is 30.8 Å². The molecule has 0 radical (unpaired) electrons. The molecule has 1 N–H and O–H groups in total. The largest absolute Gasteiger partial charge is 0.315 e. The lowest BCUT2D eigenvalue weighted by Gasteiger charge is -2.32. The molecular formula is C18H25N3OS. The molecule has 1 aliphatic carbocycles. The van der Waals surface area contributed by atoms with Crippen molar-refractivity contribution in [1.82, 2.24) is 4.90 Å². The highest BCUT2D eigenvalue weighted by molar-refractivity contribution is 7.16. The summed E-state index contributed by atoms with van der Waals surface area (Å²) in [7, 11) is 0. The van der Waals surface area contributed by atoms with E-state index in [4.69, 9.17) is 0 Å². The Kier molecular flexibility index (Phi) is 5.03. The first-order valence-corrected chi connectivity index (χ1v) is 9.48. The number of nitriles is 1. The normalized spacial score (nSPS) is 24.7. The average Bonchev–Trinajstić information content (AvgIpc) is 2.85.